The zero-order valence-corrected chi connectivity index (χ0v) is 16.7. The highest BCUT2D eigenvalue weighted by atomic mass is 32.2. The molecule has 0 spiro atoms. The summed E-state index contributed by atoms with van der Waals surface area (Å²) >= 11 is 1.18. The molecule has 2 amide bonds. The fourth-order valence-corrected chi connectivity index (χ4v) is 3.49. The lowest BCUT2D eigenvalue weighted by atomic mass is 10.2. The topological polar surface area (TPSA) is 101 Å². The van der Waals surface area contributed by atoms with Crippen LogP contribution in [0.4, 0.5) is 5.69 Å². The fraction of sp³-hybridized carbons (Fsp3) is 0.200. The van der Waals surface area contributed by atoms with Crippen LogP contribution in [-0.4, -0.2) is 42.7 Å². The largest absolute Gasteiger partial charge is 0.493 e. The average Bonchev–Trinajstić information content (AvgIpc) is 3.07. The maximum atomic E-state index is 12.1. The smallest absolute Gasteiger partial charge is 0.240 e. The Morgan fingerprint density at radius 1 is 1.17 bits per heavy atom. The number of carbonyl (C=O) groups excluding carboxylic acids is 2. The molecule has 1 aliphatic rings. The van der Waals surface area contributed by atoms with Crippen LogP contribution in [-0.2, 0) is 9.59 Å². The summed E-state index contributed by atoms with van der Waals surface area (Å²) in [4.78, 5) is 24.2. The number of para-hydroxylation sites is 1. The third-order valence-corrected chi connectivity index (χ3v) is 5.04. The molecule has 29 heavy (non-hydrogen) atoms. The number of benzene rings is 2. The summed E-state index contributed by atoms with van der Waals surface area (Å²) in [5.74, 6) is 0.695. The average molecular weight is 412 g/mol. The number of ether oxygens (including phenoxy) is 2. The summed E-state index contributed by atoms with van der Waals surface area (Å²) in [5, 5.41) is 13.2. The van der Waals surface area contributed by atoms with E-state index in [4.69, 9.17) is 9.47 Å². The highest BCUT2D eigenvalue weighted by Gasteiger charge is 2.32. The van der Waals surface area contributed by atoms with E-state index in [1.807, 2.05) is 24.3 Å². The second-order valence-corrected chi connectivity index (χ2v) is 7.17. The molecule has 8 nitrogen and oxygen atoms in total. The van der Waals surface area contributed by atoms with E-state index in [1.54, 1.807) is 38.5 Å². The number of amidine groups is 1. The molecule has 0 aliphatic carbocycles. The molecule has 1 fully saturated rings. The van der Waals surface area contributed by atoms with Crippen LogP contribution in [0.25, 0.3) is 0 Å². The predicted octanol–water partition coefficient (Wildman–Crippen LogP) is 2.65. The Morgan fingerprint density at radius 2 is 1.93 bits per heavy atom. The maximum absolute atomic E-state index is 12.1. The van der Waals surface area contributed by atoms with E-state index in [2.05, 4.69) is 20.8 Å². The summed E-state index contributed by atoms with van der Waals surface area (Å²) in [7, 11) is 3.12. The summed E-state index contributed by atoms with van der Waals surface area (Å²) in [6, 6.07) is 14.4. The van der Waals surface area contributed by atoms with Crippen LogP contribution in [0.3, 0.4) is 0 Å². The molecule has 1 heterocycles. The van der Waals surface area contributed by atoms with E-state index in [0.29, 0.717) is 22.4 Å². The number of anilines is 1. The van der Waals surface area contributed by atoms with Crippen molar-refractivity contribution in [1.29, 1.82) is 0 Å². The molecule has 0 aromatic heterocycles. The van der Waals surface area contributed by atoms with E-state index >= 15 is 0 Å². The summed E-state index contributed by atoms with van der Waals surface area (Å²) in [5.41, 5.74) is 1.45. The molecule has 2 aromatic carbocycles. The lowest BCUT2D eigenvalue weighted by molar-refractivity contribution is -0.122. The summed E-state index contributed by atoms with van der Waals surface area (Å²) < 4.78 is 10.4. The maximum Gasteiger partial charge on any atom is 0.240 e. The normalized spacial score (nSPS) is 17.4. The van der Waals surface area contributed by atoms with Gasteiger partial charge in [-0.25, -0.2) is 0 Å². The second kappa shape index (κ2) is 9.74. The zero-order valence-electron chi connectivity index (χ0n) is 15.9. The molecular weight excluding hydrogens is 392 g/mol. The minimum Gasteiger partial charge on any atom is -0.493 e. The van der Waals surface area contributed by atoms with Gasteiger partial charge in [0.1, 0.15) is 5.25 Å². The van der Waals surface area contributed by atoms with Gasteiger partial charge in [0.2, 0.25) is 11.8 Å². The molecule has 1 atom stereocenters. The number of nitrogens with one attached hydrogen (secondary N) is 2. The highest BCUT2D eigenvalue weighted by molar-refractivity contribution is 8.15. The number of nitrogens with zero attached hydrogens (tertiary/aromatic N) is 2. The van der Waals surface area contributed by atoms with Crippen LogP contribution in [0, 0.1) is 0 Å². The van der Waals surface area contributed by atoms with Crippen molar-refractivity contribution < 1.29 is 19.1 Å². The monoisotopic (exact) mass is 412 g/mol. The Balaban J connectivity index is 1.57. The van der Waals surface area contributed by atoms with E-state index in [-0.39, 0.29) is 18.2 Å². The number of carbonyl (C=O) groups is 2. The number of rotatable bonds is 7. The first-order valence-corrected chi connectivity index (χ1v) is 9.62. The highest BCUT2D eigenvalue weighted by Crippen LogP contribution is 2.27. The Bertz CT molecular complexity index is 947. The van der Waals surface area contributed by atoms with E-state index in [1.165, 1.54) is 18.0 Å². The minimum atomic E-state index is -0.547. The van der Waals surface area contributed by atoms with Crippen molar-refractivity contribution in [3.8, 4) is 11.5 Å². The molecule has 0 bridgehead atoms. The molecule has 3 rings (SSSR count). The molecular formula is C20H20N4O4S. The molecule has 1 aliphatic heterocycles. The lowest BCUT2D eigenvalue weighted by Crippen LogP contribution is -2.28. The number of hydrogen-bond acceptors (Lipinski definition) is 7. The van der Waals surface area contributed by atoms with Crippen molar-refractivity contribution in [2.45, 2.75) is 11.7 Å². The minimum absolute atomic E-state index is 0.0454. The third-order valence-electron chi connectivity index (χ3n) is 3.97. The second-order valence-electron chi connectivity index (χ2n) is 5.98. The Kier molecular flexibility index (Phi) is 6.85. The van der Waals surface area contributed by atoms with Gasteiger partial charge in [-0.2, -0.15) is 5.10 Å². The van der Waals surface area contributed by atoms with E-state index < -0.39 is 5.25 Å². The lowest BCUT2D eigenvalue weighted by Gasteiger charge is -2.07. The molecule has 1 unspecified atom stereocenters. The van der Waals surface area contributed by atoms with Gasteiger partial charge in [-0.1, -0.05) is 30.0 Å². The van der Waals surface area contributed by atoms with Crippen LogP contribution in [0.2, 0.25) is 0 Å². The standard InChI is InChI=1S/C20H20N4O4S/c1-27-15-9-8-13(10-16(15)28-2)12-21-24-20-23-19(26)17(29-20)11-18(25)22-14-6-4-3-5-7-14/h3-10,12,17H,11H2,1-2H3,(H,22,25)(H,23,24,26)/b21-12+. The van der Waals surface area contributed by atoms with Gasteiger partial charge in [0.05, 0.1) is 20.4 Å². The van der Waals surface area contributed by atoms with Gasteiger partial charge in [-0.05, 0) is 35.9 Å². The quantitative estimate of drug-likeness (QED) is 0.538. The van der Waals surface area contributed by atoms with Crippen molar-refractivity contribution in [2.24, 2.45) is 10.2 Å². The molecule has 2 aromatic rings. The van der Waals surface area contributed by atoms with Crippen LogP contribution in [0.15, 0.2) is 58.7 Å². The van der Waals surface area contributed by atoms with E-state index in [0.717, 1.165) is 5.56 Å². The van der Waals surface area contributed by atoms with Gasteiger partial charge in [-0.3, -0.25) is 9.59 Å². The molecule has 9 heteroatoms. The Labute approximate surface area is 172 Å². The van der Waals surface area contributed by atoms with Crippen molar-refractivity contribution in [3.63, 3.8) is 0 Å². The van der Waals surface area contributed by atoms with Gasteiger partial charge < -0.3 is 20.1 Å². The van der Waals surface area contributed by atoms with Crippen molar-refractivity contribution >= 4 is 40.6 Å². The van der Waals surface area contributed by atoms with Crippen LogP contribution in [0.5, 0.6) is 11.5 Å². The first-order chi connectivity index (χ1) is 14.1. The van der Waals surface area contributed by atoms with Crippen molar-refractivity contribution in [2.75, 3.05) is 19.5 Å². The molecule has 150 valence electrons. The number of thioether (sulfide) groups is 1. The van der Waals surface area contributed by atoms with Gasteiger partial charge in [0.15, 0.2) is 16.7 Å². The van der Waals surface area contributed by atoms with Gasteiger partial charge in [0, 0.05) is 12.1 Å². The van der Waals surface area contributed by atoms with Crippen molar-refractivity contribution in [1.82, 2.24) is 5.32 Å². The first-order valence-electron chi connectivity index (χ1n) is 8.74. The summed E-state index contributed by atoms with van der Waals surface area (Å²) in [6.45, 7) is 0. The summed E-state index contributed by atoms with van der Waals surface area (Å²) in [6.07, 6.45) is 1.58. The van der Waals surface area contributed by atoms with E-state index in [9.17, 15) is 9.59 Å². The van der Waals surface area contributed by atoms with Gasteiger partial charge in [-0.15, -0.1) is 5.10 Å². The SMILES string of the molecule is COc1ccc(/C=N/N=C2\NC(=O)C(CC(=O)Nc3ccccc3)S2)cc1OC. The predicted molar refractivity (Wildman–Crippen MR) is 114 cm³/mol. The fourth-order valence-electron chi connectivity index (χ4n) is 2.57. The molecule has 0 saturated carbocycles. The van der Waals surface area contributed by atoms with Gasteiger partial charge in [0.25, 0.3) is 0 Å². The van der Waals surface area contributed by atoms with Crippen LogP contribution < -0.4 is 20.1 Å². The number of hydrogen-bond donors (Lipinski definition) is 2. The van der Waals surface area contributed by atoms with Crippen LogP contribution >= 0.6 is 11.8 Å². The first kappa shape index (κ1) is 20.4. The Morgan fingerprint density at radius 3 is 2.66 bits per heavy atom. The molecule has 0 radical (unpaired) electrons. The number of methoxy groups -OCH3 is 2. The number of amides is 2. The van der Waals surface area contributed by atoms with Crippen LogP contribution in [0.1, 0.15) is 12.0 Å². The third kappa shape index (κ3) is 5.58. The van der Waals surface area contributed by atoms with Gasteiger partial charge >= 0.3 is 0 Å². The molecule has 2 N–H and O–H groups in total. The molecule has 1 saturated heterocycles. The Hall–Kier alpha value is -3.33. The van der Waals surface area contributed by atoms with Crippen molar-refractivity contribution in [3.05, 3.63) is 54.1 Å². The zero-order chi connectivity index (χ0) is 20.6.